The van der Waals surface area contributed by atoms with Gasteiger partial charge in [0.25, 0.3) is 5.91 Å². The van der Waals surface area contributed by atoms with E-state index < -0.39 is 0 Å². The second-order valence-electron chi connectivity index (χ2n) is 9.65. The van der Waals surface area contributed by atoms with E-state index in [4.69, 9.17) is 9.47 Å². The Morgan fingerprint density at radius 2 is 1.64 bits per heavy atom. The fraction of sp³-hybridized carbons (Fsp3) is 0.296. The van der Waals surface area contributed by atoms with Gasteiger partial charge in [0.15, 0.2) is 6.23 Å². The van der Waals surface area contributed by atoms with Crippen LogP contribution in [0.25, 0.3) is 43.6 Å². The maximum absolute atomic E-state index is 13.2. The Kier molecular flexibility index (Phi) is 3.27. The number of nitrogens with one attached hydrogen (secondary N) is 1. The summed E-state index contributed by atoms with van der Waals surface area (Å²) in [5.74, 6) is 0.332. The minimum atomic E-state index is -0.240. The molecule has 1 amide bonds. The predicted molar refractivity (Wildman–Crippen MR) is 127 cm³/mol. The van der Waals surface area contributed by atoms with Crippen molar-refractivity contribution in [2.45, 2.75) is 38.4 Å². The summed E-state index contributed by atoms with van der Waals surface area (Å²) in [7, 11) is 1.79. The molecule has 1 fully saturated rings. The number of hydrogen-bond donors (Lipinski definition) is 1. The first kappa shape index (κ1) is 18.1. The zero-order chi connectivity index (χ0) is 22.0. The van der Waals surface area contributed by atoms with Gasteiger partial charge >= 0.3 is 0 Å². The number of carbonyl (C=O) groups is 1. The standard InChI is InChI=1S/C27H23N3O3/c1-13-11-19-29-17-9-5-4-8-15(17)21-22-16(12-28-26(22)31)20-14-7-3-6-10-18(14)30(23(20)24(21)29)27(33-19)25(13)32-2/h3-10,13,19,25,27H,11-12H2,1-2H3,(H,28,31)/t13-,19-,25-,27+/m1/s1. The number of amides is 1. The van der Waals surface area contributed by atoms with Crippen molar-refractivity contribution in [3.8, 4) is 0 Å². The van der Waals surface area contributed by atoms with E-state index in [1.54, 1.807) is 7.11 Å². The molecule has 164 valence electrons. The number of carbonyl (C=O) groups excluding carboxylic acids is 1. The number of benzene rings is 3. The Morgan fingerprint density at radius 1 is 0.970 bits per heavy atom. The van der Waals surface area contributed by atoms with Gasteiger partial charge in [0, 0.05) is 35.2 Å². The molecular formula is C27H23N3O3. The molecule has 6 heteroatoms. The van der Waals surface area contributed by atoms with Crippen LogP contribution in [-0.2, 0) is 16.0 Å². The van der Waals surface area contributed by atoms with Crippen molar-refractivity contribution in [1.82, 2.24) is 14.5 Å². The van der Waals surface area contributed by atoms with Crippen LogP contribution in [0.15, 0.2) is 48.5 Å². The van der Waals surface area contributed by atoms with Crippen molar-refractivity contribution < 1.29 is 14.3 Å². The summed E-state index contributed by atoms with van der Waals surface area (Å²) < 4.78 is 17.6. The van der Waals surface area contributed by atoms with Gasteiger partial charge in [-0.15, -0.1) is 0 Å². The molecule has 2 aromatic heterocycles. The van der Waals surface area contributed by atoms with E-state index >= 15 is 0 Å². The molecule has 8 rings (SSSR count). The van der Waals surface area contributed by atoms with Crippen LogP contribution in [0.5, 0.6) is 0 Å². The number of ether oxygens (including phenoxy) is 2. The summed E-state index contributed by atoms with van der Waals surface area (Å²) in [6, 6.07) is 16.9. The highest BCUT2D eigenvalue weighted by Crippen LogP contribution is 2.52. The van der Waals surface area contributed by atoms with Gasteiger partial charge in [-0.1, -0.05) is 43.3 Å². The highest BCUT2D eigenvalue weighted by molar-refractivity contribution is 6.30. The van der Waals surface area contributed by atoms with Gasteiger partial charge in [0.05, 0.1) is 27.6 Å². The van der Waals surface area contributed by atoms with Gasteiger partial charge in [0.1, 0.15) is 12.3 Å². The largest absolute Gasteiger partial charge is 0.376 e. The predicted octanol–water partition coefficient (Wildman–Crippen LogP) is 5.23. The first-order valence-electron chi connectivity index (χ1n) is 11.7. The molecule has 0 aliphatic carbocycles. The average Bonchev–Trinajstić information content (AvgIpc) is 3.45. The normalized spacial score (nSPS) is 25.9. The lowest BCUT2D eigenvalue weighted by Gasteiger charge is -2.40. The Morgan fingerprint density at radius 3 is 2.39 bits per heavy atom. The Labute approximate surface area is 189 Å². The lowest BCUT2D eigenvalue weighted by molar-refractivity contribution is -0.201. The topological polar surface area (TPSA) is 57.4 Å². The lowest BCUT2D eigenvalue weighted by Crippen LogP contribution is -2.40. The van der Waals surface area contributed by atoms with Gasteiger partial charge in [0.2, 0.25) is 0 Å². The van der Waals surface area contributed by atoms with Crippen LogP contribution in [0.1, 0.15) is 41.7 Å². The molecule has 3 aliphatic rings. The maximum Gasteiger partial charge on any atom is 0.252 e. The van der Waals surface area contributed by atoms with E-state index in [1.807, 2.05) is 0 Å². The SMILES string of the molecule is CO[C@@H]1[C@H](C)C[C@H]2O[C@@H]1n1c3ccccc3c3c4c(c5c6ccccc6n2c5c31)C(=O)NC4. The van der Waals surface area contributed by atoms with Gasteiger partial charge < -0.3 is 23.9 Å². The number of rotatable bonds is 1. The van der Waals surface area contributed by atoms with Gasteiger partial charge in [-0.05, 0) is 30.0 Å². The van der Waals surface area contributed by atoms with Crippen molar-refractivity contribution >= 4 is 49.5 Å². The van der Waals surface area contributed by atoms with Crippen molar-refractivity contribution in [2.75, 3.05) is 7.11 Å². The molecule has 0 saturated carbocycles. The molecule has 0 radical (unpaired) electrons. The second-order valence-corrected chi connectivity index (χ2v) is 9.65. The van der Waals surface area contributed by atoms with E-state index in [-0.39, 0.29) is 24.5 Å². The molecule has 0 spiro atoms. The van der Waals surface area contributed by atoms with Crippen molar-refractivity contribution in [3.63, 3.8) is 0 Å². The van der Waals surface area contributed by atoms with E-state index in [9.17, 15) is 4.79 Å². The molecule has 3 aromatic carbocycles. The van der Waals surface area contributed by atoms with E-state index in [0.29, 0.717) is 12.5 Å². The highest BCUT2D eigenvalue weighted by atomic mass is 16.6. The summed E-state index contributed by atoms with van der Waals surface area (Å²) in [6.07, 6.45) is 0.439. The molecule has 2 bridgehead atoms. The third-order valence-corrected chi connectivity index (χ3v) is 8.08. The zero-order valence-corrected chi connectivity index (χ0v) is 18.5. The van der Waals surface area contributed by atoms with Crippen LogP contribution >= 0.6 is 0 Å². The minimum Gasteiger partial charge on any atom is -0.376 e. The zero-order valence-electron chi connectivity index (χ0n) is 18.5. The molecule has 4 atom stereocenters. The van der Waals surface area contributed by atoms with Crippen LogP contribution in [-0.4, -0.2) is 28.3 Å². The quantitative estimate of drug-likeness (QED) is 0.391. The molecule has 5 heterocycles. The molecule has 1 saturated heterocycles. The molecule has 5 aromatic rings. The highest BCUT2D eigenvalue weighted by Gasteiger charge is 2.44. The fourth-order valence-corrected chi connectivity index (χ4v) is 6.82. The first-order chi connectivity index (χ1) is 16.2. The van der Waals surface area contributed by atoms with Crippen LogP contribution < -0.4 is 5.32 Å². The van der Waals surface area contributed by atoms with E-state index in [0.717, 1.165) is 61.2 Å². The molecule has 3 aliphatic heterocycles. The second kappa shape index (κ2) is 5.95. The minimum absolute atomic E-state index is 0.0166. The number of aromatic nitrogens is 2. The number of nitrogens with zero attached hydrogens (tertiary/aromatic N) is 2. The lowest BCUT2D eigenvalue weighted by atomic mass is 9.95. The number of methoxy groups -OCH3 is 1. The number of fused-ring (bicyclic) bond motifs is 13. The van der Waals surface area contributed by atoms with Gasteiger partial charge in [-0.2, -0.15) is 0 Å². The van der Waals surface area contributed by atoms with Crippen LogP contribution in [0, 0.1) is 5.92 Å². The number of hydrogen-bond acceptors (Lipinski definition) is 3. The third kappa shape index (κ3) is 1.97. The first-order valence-corrected chi connectivity index (χ1v) is 11.7. The Hall–Kier alpha value is -3.35. The summed E-state index contributed by atoms with van der Waals surface area (Å²) >= 11 is 0. The van der Waals surface area contributed by atoms with Crippen molar-refractivity contribution in [1.29, 1.82) is 0 Å². The number of para-hydroxylation sites is 2. The summed E-state index contributed by atoms with van der Waals surface area (Å²) in [6.45, 7) is 2.80. The molecule has 1 N–H and O–H groups in total. The molecule has 6 nitrogen and oxygen atoms in total. The van der Waals surface area contributed by atoms with Gasteiger partial charge in [-0.3, -0.25) is 4.79 Å². The molecular weight excluding hydrogens is 414 g/mol. The molecule has 0 unspecified atom stereocenters. The smallest absolute Gasteiger partial charge is 0.252 e. The van der Waals surface area contributed by atoms with Crippen molar-refractivity contribution in [2.24, 2.45) is 5.92 Å². The van der Waals surface area contributed by atoms with Crippen LogP contribution in [0.3, 0.4) is 0 Å². The molecule has 33 heavy (non-hydrogen) atoms. The monoisotopic (exact) mass is 437 g/mol. The third-order valence-electron chi connectivity index (χ3n) is 8.08. The van der Waals surface area contributed by atoms with Crippen LogP contribution in [0.4, 0.5) is 0 Å². The maximum atomic E-state index is 13.2. The van der Waals surface area contributed by atoms with E-state index in [2.05, 4.69) is 69.9 Å². The van der Waals surface area contributed by atoms with E-state index in [1.165, 1.54) is 0 Å². The summed E-state index contributed by atoms with van der Waals surface area (Å²) in [4.78, 5) is 13.2. The Balaban J connectivity index is 1.73. The summed E-state index contributed by atoms with van der Waals surface area (Å²) in [5.41, 5.74) is 6.42. The summed E-state index contributed by atoms with van der Waals surface area (Å²) in [5, 5.41) is 7.60. The van der Waals surface area contributed by atoms with Crippen LogP contribution in [0.2, 0.25) is 0 Å². The van der Waals surface area contributed by atoms with Crippen molar-refractivity contribution in [3.05, 3.63) is 59.7 Å². The fourth-order valence-electron chi connectivity index (χ4n) is 6.82. The Bertz CT molecular complexity index is 1680. The van der Waals surface area contributed by atoms with Gasteiger partial charge in [-0.25, -0.2) is 0 Å². The average molecular weight is 437 g/mol.